The maximum absolute atomic E-state index is 14.9. The summed E-state index contributed by atoms with van der Waals surface area (Å²) in [5.41, 5.74) is 0.215. The predicted octanol–water partition coefficient (Wildman–Crippen LogP) is 2.46. The first-order valence-corrected chi connectivity index (χ1v) is 9.45. The van der Waals surface area contributed by atoms with Crippen LogP contribution in [0.15, 0.2) is 23.1 Å². The number of likely N-dealkylation sites (N-methyl/N-ethyl adjacent to an activating group) is 1. The number of halogens is 1. The van der Waals surface area contributed by atoms with Gasteiger partial charge < -0.3 is 19.1 Å². The third-order valence-electron chi connectivity index (χ3n) is 5.78. The van der Waals surface area contributed by atoms with Crippen molar-refractivity contribution in [3.8, 4) is 0 Å². The SMILES string of the molecule is C[N+]1(C)CCCN(c2cc3c(cc2F)c(=O)c(C(=O)O)cn3C2CC2)CC1. The molecule has 1 saturated heterocycles. The van der Waals surface area contributed by atoms with E-state index in [4.69, 9.17) is 0 Å². The lowest BCUT2D eigenvalue weighted by molar-refractivity contribution is -0.887. The molecule has 2 heterocycles. The van der Waals surface area contributed by atoms with Crippen LogP contribution in [0.3, 0.4) is 0 Å². The van der Waals surface area contributed by atoms with Crippen molar-refractivity contribution in [2.75, 3.05) is 45.2 Å². The van der Waals surface area contributed by atoms with Crippen LogP contribution in [0.2, 0.25) is 0 Å². The van der Waals surface area contributed by atoms with Gasteiger partial charge in [-0.15, -0.1) is 0 Å². The van der Waals surface area contributed by atoms with Crippen LogP contribution in [0.25, 0.3) is 10.9 Å². The average molecular weight is 374 g/mol. The van der Waals surface area contributed by atoms with Gasteiger partial charge in [-0.2, -0.15) is 0 Å². The Morgan fingerprint density at radius 2 is 1.96 bits per heavy atom. The number of quaternary nitrogens is 1. The van der Waals surface area contributed by atoms with Crippen molar-refractivity contribution < 1.29 is 18.8 Å². The van der Waals surface area contributed by atoms with E-state index in [1.807, 2.05) is 4.57 Å². The molecule has 2 aromatic rings. The summed E-state index contributed by atoms with van der Waals surface area (Å²) in [5.74, 6) is -1.73. The molecule has 0 atom stereocenters. The lowest BCUT2D eigenvalue weighted by Crippen LogP contribution is -2.42. The van der Waals surface area contributed by atoms with Crippen LogP contribution in [-0.4, -0.2) is 60.4 Å². The highest BCUT2D eigenvalue weighted by molar-refractivity contribution is 5.93. The predicted molar refractivity (Wildman–Crippen MR) is 102 cm³/mol. The first-order valence-electron chi connectivity index (χ1n) is 9.45. The molecule has 27 heavy (non-hydrogen) atoms. The van der Waals surface area contributed by atoms with E-state index >= 15 is 0 Å². The van der Waals surface area contributed by atoms with E-state index in [1.165, 1.54) is 12.3 Å². The van der Waals surface area contributed by atoms with Gasteiger partial charge in [0.1, 0.15) is 11.4 Å². The smallest absolute Gasteiger partial charge is 0.341 e. The number of hydrogen-bond acceptors (Lipinski definition) is 3. The van der Waals surface area contributed by atoms with Crippen LogP contribution < -0.4 is 10.3 Å². The second-order valence-corrected chi connectivity index (χ2v) is 8.36. The Morgan fingerprint density at radius 3 is 2.63 bits per heavy atom. The van der Waals surface area contributed by atoms with E-state index in [2.05, 4.69) is 19.0 Å². The number of nitrogens with zero attached hydrogens (tertiary/aromatic N) is 3. The Bertz CT molecular complexity index is 979. The number of benzene rings is 1. The van der Waals surface area contributed by atoms with Crippen LogP contribution >= 0.6 is 0 Å². The molecule has 1 saturated carbocycles. The summed E-state index contributed by atoms with van der Waals surface area (Å²) < 4.78 is 17.7. The van der Waals surface area contributed by atoms with Gasteiger partial charge in [-0.3, -0.25) is 4.79 Å². The zero-order valence-corrected chi connectivity index (χ0v) is 15.7. The van der Waals surface area contributed by atoms with E-state index in [9.17, 15) is 19.1 Å². The van der Waals surface area contributed by atoms with Crippen molar-refractivity contribution in [3.63, 3.8) is 0 Å². The van der Waals surface area contributed by atoms with Gasteiger partial charge in [0.2, 0.25) is 5.43 Å². The maximum Gasteiger partial charge on any atom is 0.341 e. The number of anilines is 1. The molecule has 6 nitrogen and oxygen atoms in total. The molecule has 0 spiro atoms. The van der Waals surface area contributed by atoms with Crippen LogP contribution in [-0.2, 0) is 0 Å². The van der Waals surface area contributed by atoms with E-state index in [1.54, 1.807) is 6.07 Å². The van der Waals surface area contributed by atoms with Gasteiger partial charge >= 0.3 is 5.97 Å². The third-order valence-corrected chi connectivity index (χ3v) is 5.78. The molecular weight excluding hydrogens is 349 g/mol. The average Bonchev–Trinajstić information content (AvgIpc) is 3.43. The molecule has 144 valence electrons. The summed E-state index contributed by atoms with van der Waals surface area (Å²) in [5, 5.41) is 9.49. The molecule has 7 heteroatoms. The molecule has 1 aromatic carbocycles. The molecule has 0 bridgehead atoms. The molecule has 1 aliphatic carbocycles. The summed E-state index contributed by atoms with van der Waals surface area (Å²) in [6.07, 6.45) is 4.28. The minimum Gasteiger partial charge on any atom is -0.477 e. The highest BCUT2D eigenvalue weighted by atomic mass is 19.1. The van der Waals surface area contributed by atoms with E-state index in [0.717, 1.165) is 49.9 Å². The van der Waals surface area contributed by atoms with Crippen molar-refractivity contribution in [2.45, 2.75) is 25.3 Å². The second kappa shape index (κ2) is 6.34. The summed E-state index contributed by atoms with van der Waals surface area (Å²) in [6.45, 7) is 3.48. The monoisotopic (exact) mass is 374 g/mol. The summed E-state index contributed by atoms with van der Waals surface area (Å²) in [4.78, 5) is 26.1. The zero-order chi connectivity index (χ0) is 19.3. The topological polar surface area (TPSA) is 62.5 Å². The standard InChI is InChI=1S/C20H24FN3O3/c1-24(2)8-3-6-22(7-9-24)18-11-17-14(10-16(18)21)19(25)15(20(26)27)12-23(17)13-4-5-13/h10-13H,3-9H2,1-2H3/p+1. The molecular formula is C20H25FN3O3+. The number of carboxylic acid groups (broad SMARTS) is 1. The minimum absolute atomic E-state index is 0.147. The number of rotatable bonds is 3. The van der Waals surface area contributed by atoms with Crippen molar-refractivity contribution >= 4 is 22.6 Å². The van der Waals surface area contributed by atoms with E-state index < -0.39 is 17.2 Å². The number of pyridine rings is 1. The Balaban J connectivity index is 1.85. The van der Waals surface area contributed by atoms with Gasteiger partial charge in [0, 0.05) is 30.6 Å². The number of carbonyl (C=O) groups is 1. The van der Waals surface area contributed by atoms with Crippen molar-refractivity contribution in [1.82, 2.24) is 4.57 Å². The summed E-state index contributed by atoms with van der Waals surface area (Å²) >= 11 is 0. The van der Waals surface area contributed by atoms with Crippen LogP contribution in [0.4, 0.5) is 10.1 Å². The zero-order valence-electron chi connectivity index (χ0n) is 15.7. The van der Waals surface area contributed by atoms with Crippen LogP contribution in [0.1, 0.15) is 35.7 Å². The fourth-order valence-corrected chi connectivity index (χ4v) is 3.95. The van der Waals surface area contributed by atoms with Gasteiger partial charge in [-0.25, -0.2) is 9.18 Å². The number of aromatic nitrogens is 1. The van der Waals surface area contributed by atoms with Gasteiger partial charge in [-0.1, -0.05) is 0 Å². The molecule has 2 aliphatic rings. The first kappa shape index (κ1) is 18.0. The maximum atomic E-state index is 14.9. The van der Waals surface area contributed by atoms with Crippen LogP contribution in [0.5, 0.6) is 0 Å². The molecule has 4 rings (SSSR count). The Kier molecular flexibility index (Phi) is 4.22. The molecule has 1 aliphatic heterocycles. The fourth-order valence-electron chi connectivity index (χ4n) is 3.95. The van der Waals surface area contributed by atoms with Crippen LogP contribution in [0, 0.1) is 5.82 Å². The first-order chi connectivity index (χ1) is 12.8. The number of aromatic carboxylic acids is 1. The molecule has 0 unspecified atom stereocenters. The van der Waals surface area contributed by atoms with Gasteiger partial charge in [0.25, 0.3) is 0 Å². The molecule has 2 fully saturated rings. The van der Waals surface area contributed by atoms with Gasteiger partial charge in [-0.05, 0) is 25.0 Å². The highest BCUT2D eigenvalue weighted by Gasteiger charge is 2.29. The lowest BCUT2D eigenvalue weighted by Gasteiger charge is -2.28. The van der Waals surface area contributed by atoms with Crippen molar-refractivity contribution in [2.24, 2.45) is 0 Å². The lowest BCUT2D eigenvalue weighted by atomic mass is 10.1. The Morgan fingerprint density at radius 1 is 1.22 bits per heavy atom. The number of hydrogen-bond donors (Lipinski definition) is 1. The highest BCUT2D eigenvalue weighted by Crippen LogP contribution is 2.38. The largest absolute Gasteiger partial charge is 0.477 e. The van der Waals surface area contributed by atoms with E-state index in [-0.39, 0.29) is 17.0 Å². The Labute approximate surface area is 157 Å². The quantitative estimate of drug-likeness (QED) is 0.839. The molecule has 0 radical (unpaired) electrons. The van der Waals surface area contributed by atoms with Gasteiger partial charge in [0.15, 0.2) is 0 Å². The molecule has 0 amide bonds. The Hall–Kier alpha value is -2.41. The minimum atomic E-state index is -1.27. The van der Waals surface area contributed by atoms with E-state index in [0.29, 0.717) is 11.2 Å². The number of fused-ring (bicyclic) bond motifs is 1. The molecule has 1 N–H and O–H groups in total. The van der Waals surface area contributed by atoms with Gasteiger partial charge in [0.05, 0.1) is 44.9 Å². The van der Waals surface area contributed by atoms with Crippen molar-refractivity contribution in [1.29, 1.82) is 0 Å². The fraction of sp³-hybridized carbons (Fsp3) is 0.500. The number of carboxylic acids is 1. The summed E-state index contributed by atoms with van der Waals surface area (Å²) in [6, 6.07) is 3.15. The normalized spacial score (nSPS) is 19.9. The third kappa shape index (κ3) is 3.32. The van der Waals surface area contributed by atoms with Crippen molar-refractivity contribution in [3.05, 3.63) is 39.9 Å². The summed E-state index contributed by atoms with van der Waals surface area (Å²) in [7, 11) is 4.36. The molecule has 1 aromatic heterocycles. The second-order valence-electron chi connectivity index (χ2n) is 8.36.